The first-order valence-electron chi connectivity index (χ1n) is 9.48. The Bertz CT molecular complexity index is 730. The number of unbranched alkanes of at least 4 members (excludes halogenated alkanes) is 5. The lowest BCUT2D eigenvalue weighted by Gasteiger charge is -2.17. The molecular weight excluding hydrogens is 326 g/mol. The van der Waals surface area contributed by atoms with E-state index in [9.17, 15) is 10.0 Å². The first-order chi connectivity index (χ1) is 12.7. The van der Waals surface area contributed by atoms with Crippen molar-refractivity contribution in [2.75, 3.05) is 10.2 Å². The van der Waals surface area contributed by atoms with Crippen LogP contribution < -0.4 is 15.7 Å². The highest BCUT2D eigenvalue weighted by Gasteiger charge is 2.29. The maximum atomic E-state index is 12.8. The topological polar surface area (TPSA) is 55.8 Å². The standard InChI is InChI=1S/C21H27N3O2/c1-2-3-4-5-6-7-10-17-13-15-18(16-14-17)21(25)23-19-11-8-9-12-20(19)24(26)22-23/h8-9,11-16,22,26H,2-7,10H2,1H3. The molecule has 0 atom stereocenters. The number of aryl methyl sites for hydroxylation is 1. The minimum atomic E-state index is -0.194. The number of anilines is 2. The first kappa shape index (κ1) is 18.4. The van der Waals surface area contributed by atoms with E-state index in [-0.39, 0.29) is 5.91 Å². The van der Waals surface area contributed by atoms with Crippen LogP contribution in [0.3, 0.4) is 0 Å². The second kappa shape index (κ2) is 8.83. The van der Waals surface area contributed by atoms with Crippen LogP contribution in [0.15, 0.2) is 48.5 Å². The van der Waals surface area contributed by atoms with Crippen molar-refractivity contribution in [1.82, 2.24) is 5.53 Å². The summed E-state index contributed by atoms with van der Waals surface area (Å²) in [5.41, 5.74) is 5.71. The van der Waals surface area contributed by atoms with Gasteiger partial charge >= 0.3 is 0 Å². The number of nitrogens with zero attached hydrogens (tertiary/aromatic N) is 2. The zero-order valence-corrected chi connectivity index (χ0v) is 15.3. The van der Waals surface area contributed by atoms with E-state index in [0.717, 1.165) is 11.6 Å². The number of carbonyl (C=O) groups is 1. The third-order valence-electron chi connectivity index (χ3n) is 4.77. The highest BCUT2D eigenvalue weighted by atomic mass is 16.6. The normalized spacial score (nSPS) is 13.2. The van der Waals surface area contributed by atoms with Gasteiger partial charge in [0, 0.05) is 5.56 Å². The minimum absolute atomic E-state index is 0.194. The zero-order valence-electron chi connectivity index (χ0n) is 15.3. The van der Waals surface area contributed by atoms with Crippen molar-refractivity contribution in [2.24, 2.45) is 0 Å². The van der Waals surface area contributed by atoms with Gasteiger partial charge < -0.3 is 0 Å². The van der Waals surface area contributed by atoms with E-state index in [2.05, 4.69) is 12.5 Å². The van der Waals surface area contributed by atoms with Gasteiger partial charge in [-0.1, -0.05) is 63.3 Å². The molecule has 0 aliphatic carbocycles. The van der Waals surface area contributed by atoms with Crippen molar-refractivity contribution < 1.29 is 10.0 Å². The molecule has 0 saturated heterocycles. The molecule has 1 aliphatic heterocycles. The minimum Gasteiger partial charge on any atom is -0.271 e. The van der Waals surface area contributed by atoms with Gasteiger partial charge in [0.15, 0.2) is 0 Å². The van der Waals surface area contributed by atoms with Gasteiger partial charge in [0.05, 0.1) is 5.69 Å². The third-order valence-corrected chi connectivity index (χ3v) is 4.77. The number of para-hydroxylation sites is 2. The Morgan fingerprint density at radius 3 is 2.31 bits per heavy atom. The van der Waals surface area contributed by atoms with Crippen LogP contribution in [-0.4, -0.2) is 11.1 Å². The lowest BCUT2D eigenvalue weighted by molar-refractivity contribution is 0.0957. The molecule has 0 radical (unpaired) electrons. The summed E-state index contributed by atoms with van der Waals surface area (Å²) in [5.74, 6) is -0.194. The van der Waals surface area contributed by atoms with Gasteiger partial charge in [0.1, 0.15) is 5.69 Å². The molecule has 1 amide bonds. The van der Waals surface area contributed by atoms with E-state index in [0.29, 0.717) is 16.9 Å². The smallest absolute Gasteiger partial charge is 0.271 e. The first-order valence-corrected chi connectivity index (χ1v) is 9.48. The summed E-state index contributed by atoms with van der Waals surface area (Å²) in [6.07, 6.45) is 8.75. The summed E-state index contributed by atoms with van der Waals surface area (Å²) in [4.78, 5) is 12.8. The Labute approximate surface area is 155 Å². The van der Waals surface area contributed by atoms with Crippen LogP contribution in [0.1, 0.15) is 61.4 Å². The fourth-order valence-corrected chi connectivity index (χ4v) is 3.24. The second-order valence-corrected chi connectivity index (χ2v) is 6.76. The quantitative estimate of drug-likeness (QED) is 0.665. The zero-order chi connectivity index (χ0) is 18.4. The van der Waals surface area contributed by atoms with Crippen molar-refractivity contribution in [3.05, 3.63) is 59.7 Å². The van der Waals surface area contributed by atoms with Gasteiger partial charge in [-0.05, 0) is 42.7 Å². The van der Waals surface area contributed by atoms with Crippen LogP contribution >= 0.6 is 0 Å². The molecule has 2 N–H and O–H groups in total. The highest BCUT2D eigenvalue weighted by molar-refractivity contribution is 6.08. The Kier molecular flexibility index (Phi) is 6.26. The Morgan fingerprint density at radius 2 is 1.58 bits per heavy atom. The molecule has 3 rings (SSSR count). The van der Waals surface area contributed by atoms with Crippen LogP contribution in [0.4, 0.5) is 11.4 Å². The molecule has 1 aliphatic rings. The van der Waals surface area contributed by atoms with Gasteiger partial charge in [-0.2, -0.15) is 5.17 Å². The van der Waals surface area contributed by atoms with Gasteiger partial charge in [-0.3, -0.25) is 10.0 Å². The number of fused-ring (bicyclic) bond motifs is 1. The monoisotopic (exact) mass is 353 g/mol. The molecule has 138 valence electrons. The predicted octanol–water partition coefficient (Wildman–Crippen LogP) is 4.87. The number of hydrazine groups is 2. The molecule has 5 nitrogen and oxygen atoms in total. The molecule has 2 aromatic carbocycles. The summed E-state index contributed by atoms with van der Waals surface area (Å²) in [7, 11) is 0. The summed E-state index contributed by atoms with van der Waals surface area (Å²) in [5, 5.41) is 12.1. The van der Waals surface area contributed by atoms with Crippen molar-refractivity contribution >= 4 is 17.3 Å². The summed E-state index contributed by atoms with van der Waals surface area (Å²) in [6.45, 7) is 2.23. The lowest BCUT2D eigenvalue weighted by Crippen LogP contribution is -2.46. The van der Waals surface area contributed by atoms with Gasteiger partial charge in [-0.25, -0.2) is 5.01 Å². The molecule has 0 bridgehead atoms. The molecule has 0 spiro atoms. The average molecular weight is 353 g/mol. The molecule has 0 unspecified atom stereocenters. The van der Waals surface area contributed by atoms with E-state index in [1.807, 2.05) is 36.4 Å². The van der Waals surface area contributed by atoms with Crippen LogP contribution in [0.25, 0.3) is 0 Å². The highest BCUT2D eigenvalue weighted by Crippen LogP contribution is 2.32. The Morgan fingerprint density at radius 1 is 0.923 bits per heavy atom. The fourth-order valence-electron chi connectivity index (χ4n) is 3.24. The summed E-state index contributed by atoms with van der Waals surface area (Å²) in [6, 6.07) is 15.0. The summed E-state index contributed by atoms with van der Waals surface area (Å²) < 4.78 is 0. The van der Waals surface area contributed by atoms with Crippen LogP contribution in [-0.2, 0) is 6.42 Å². The predicted molar refractivity (Wildman–Crippen MR) is 104 cm³/mol. The van der Waals surface area contributed by atoms with Crippen LogP contribution in [0.5, 0.6) is 0 Å². The van der Waals surface area contributed by atoms with E-state index in [4.69, 9.17) is 0 Å². The molecule has 2 aromatic rings. The maximum absolute atomic E-state index is 12.8. The summed E-state index contributed by atoms with van der Waals surface area (Å²) >= 11 is 0. The third kappa shape index (κ3) is 4.23. The van der Waals surface area contributed by atoms with Crippen LogP contribution in [0, 0.1) is 0 Å². The lowest BCUT2D eigenvalue weighted by atomic mass is 10.0. The number of hydrogen-bond acceptors (Lipinski definition) is 4. The van der Waals surface area contributed by atoms with Gasteiger partial charge in [-0.15, -0.1) is 5.53 Å². The van der Waals surface area contributed by atoms with E-state index < -0.39 is 0 Å². The molecule has 5 heteroatoms. The van der Waals surface area contributed by atoms with E-state index >= 15 is 0 Å². The molecule has 0 aromatic heterocycles. The number of carbonyl (C=O) groups excluding carboxylic acids is 1. The number of amides is 1. The number of benzene rings is 2. The maximum Gasteiger partial charge on any atom is 0.274 e. The number of hydrogen-bond donors (Lipinski definition) is 2. The molecule has 26 heavy (non-hydrogen) atoms. The second-order valence-electron chi connectivity index (χ2n) is 6.76. The molecular formula is C21H27N3O2. The largest absolute Gasteiger partial charge is 0.274 e. The molecule has 0 fully saturated rings. The number of nitrogens with one attached hydrogen (secondary N) is 1. The van der Waals surface area contributed by atoms with E-state index in [1.54, 1.807) is 12.1 Å². The average Bonchev–Trinajstić information content (AvgIpc) is 3.01. The van der Waals surface area contributed by atoms with Crippen molar-refractivity contribution in [3.63, 3.8) is 0 Å². The fraction of sp³-hybridized carbons (Fsp3) is 0.381. The van der Waals surface area contributed by atoms with E-state index in [1.165, 1.54) is 49.1 Å². The van der Waals surface area contributed by atoms with Gasteiger partial charge in [0.25, 0.3) is 5.91 Å². The molecule has 1 heterocycles. The Hall–Kier alpha value is -2.37. The van der Waals surface area contributed by atoms with Crippen LogP contribution in [0.2, 0.25) is 0 Å². The molecule has 0 saturated carbocycles. The van der Waals surface area contributed by atoms with Crippen molar-refractivity contribution in [2.45, 2.75) is 51.9 Å². The van der Waals surface area contributed by atoms with Crippen molar-refractivity contribution in [1.29, 1.82) is 0 Å². The van der Waals surface area contributed by atoms with Gasteiger partial charge in [0.2, 0.25) is 0 Å². The number of rotatable bonds is 8. The van der Waals surface area contributed by atoms with Crippen molar-refractivity contribution in [3.8, 4) is 0 Å². The Balaban J connectivity index is 1.56. The SMILES string of the molecule is CCCCCCCCc1ccc(C(=O)N2NN(O)c3ccccc32)cc1.